The number of rotatable bonds is 1. The number of benzene rings is 1. The van der Waals surface area contributed by atoms with Crippen molar-refractivity contribution in [1.29, 1.82) is 0 Å². The van der Waals surface area contributed by atoms with Crippen LogP contribution < -0.4 is 5.32 Å². The Morgan fingerprint density at radius 3 is 2.67 bits per heavy atom. The lowest BCUT2D eigenvalue weighted by atomic mass is 10.1. The third-order valence-electron chi connectivity index (χ3n) is 3.19. The number of fused-ring (bicyclic) bond motifs is 1. The predicted molar refractivity (Wildman–Crippen MR) is 69.4 cm³/mol. The highest BCUT2D eigenvalue weighted by molar-refractivity contribution is 5.56. The molecule has 1 aliphatic heterocycles. The molecule has 18 heavy (non-hydrogen) atoms. The fourth-order valence-electron chi connectivity index (χ4n) is 2.17. The maximum Gasteiger partial charge on any atom is 0.159 e. The zero-order valence-electron chi connectivity index (χ0n) is 10.1. The van der Waals surface area contributed by atoms with Crippen molar-refractivity contribution in [3.05, 3.63) is 41.7 Å². The maximum atomic E-state index is 9.28. The van der Waals surface area contributed by atoms with Crippen LogP contribution in [-0.2, 0) is 12.8 Å². The summed E-state index contributed by atoms with van der Waals surface area (Å²) in [5.41, 5.74) is 3.31. The highest BCUT2D eigenvalue weighted by atomic mass is 16.3. The van der Waals surface area contributed by atoms with E-state index in [1.807, 2.05) is 18.3 Å². The fraction of sp³-hybridized carbons (Fsp3) is 0.286. The second-order valence-electron chi connectivity index (χ2n) is 4.46. The lowest BCUT2D eigenvalue weighted by molar-refractivity contribution is 0.475. The third-order valence-corrected chi connectivity index (χ3v) is 3.19. The summed E-state index contributed by atoms with van der Waals surface area (Å²) in [4.78, 5) is 9.05. The predicted octanol–water partition coefficient (Wildman–Crippen LogP) is 1.54. The van der Waals surface area contributed by atoms with E-state index in [1.54, 1.807) is 12.1 Å². The molecule has 0 atom stereocenters. The van der Waals surface area contributed by atoms with Crippen molar-refractivity contribution in [2.75, 3.05) is 13.1 Å². The molecule has 0 saturated carbocycles. The molecule has 2 aromatic rings. The normalized spacial score (nSPS) is 14.9. The summed E-state index contributed by atoms with van der Waals surface area (Å²) < 4.78 is 0. The standard InChI is InChI=1S/C14H15N3O/c18-12-3-1-10(2-4-12)14-16-9-11-5-7-15-8-6-13(11)17-14/h1-4,9,15,18H,5-8H2. The largest absolute Gasteiger partial charge is 0.508 e. The Kier molecular flexibility index (Phi) is 2.94. The van der Waals surface area contributed by atoms with Gasteiger partial charge in [-0.25, -0.2) is 9.97 Å². The van der Waals surface area contributed by atoms with Gasteiger partial charge in [-0.05, 0) is 42.8 Å². The molecule has 0 aliphatic carbocycles. The minimum absolute atomic E-state index is 0.262. The molecule has 0 amide bonds. The number of nitrogens with zero attached hydrogens (tertiary/aromatic N) is 2. The Labute approximate surface area is 106 Å². The Bertz CT molecular complexity index is 551. The van der Waals surface area contributed by atoms with Crippen molar-refractivity contribution >= 4 is 0 Å². The monoisotopic (exact) mass is 241 g/mol. The number of phenols is 1. The van der Waals surface area contributed by atoms with Crippen LogP contribution in [0.15, 0.2) is 30.5 Å². The average molecular weight is 241 g/mol. The molecule has 0 spiro atoms. The van der Waals surface area contributed by atoms with Crippen molar-refractivity contribution in [1.82, 2.24) is 15.3 Å². The molecule has 1 aromatic heterocycles. The SMILES string of the molecule is Oc1ccc(-c2ncc3c(n2)CCNCC3)cc1. The fourth-order valence-corrected chi connectivity index (χ4v) is 2.17. The van der Waals surface area contributed by atoms with Crippen LogP contribution in [0.3, 0.4) is 0 Å². The van der Waals surface area contributed by atoms with Gasteiger partial charge in [0.15, 0.2) is 5.82 Å². The summed E-state index contributed by atoms with van der Waals surface area (Å²) in [5, 5.41) is 12.6. The van der Waals surface area contributed by atoms with E-state index >= 15 is 0 Å². The average Bonchev–Trinajstić information content (AvgIpc) is 2.64. The van der Waals surface area contributed by atoms with Gasteiger partial charge in [0.25, 0.3) is 0 Å². The Hall–Kier alpha value is -1.94. The van der Waals surface area contributed by atoms with Crippen LogP contribution in [0.25, 0.3) is 11.4 Å². The van der Waals surface area contributed by atoms with Gasteiger partial charge in [-0.3, -0.25) is 0 Å². The lowest BCUT2D eigenvalue weighted by Gasteiger charge is -2.06. The van der Waals surface area contributed by atoms with Crippen LogP contribution in [0, 0.1) is 0 Å². The summed E-state index contributed by atoms with van der Waals surface area (Å²) in [5.74, 6) is 0.994. The smallest absolute Gasteiger partial charge is 0.159 e. The minimum Gasteiger partial charge on any atom is -0.508 e. The zero-order valence-corrected chi connectivity index (χ0v) is 10.1. The summed E-state index contributed by atoms with van der Waals surface area (Å²) in [6, 6.07) is 7.00. The van der Waals surface area contributed by atoms with Gasteiger partial charge in [0.05, 0.1) is 0 Å². The Morgan fingerprint density at radius 2 is 1.83 bits per heavy atom. The van der Waals surface area contributed by atoms with Gasteiger partial charge in [0.1, 0.15) is 5.75 Å². The Morgan fingerprint density at radius 1 is 1.06 bits per heavy atom. The number of aromatic nitrogens is 2. The maximum absolute atomic E-state index is 9.28. The minimum atomic E-state index is 0.262. The molecule has 92 valence electrons. The molecule has 2 heterocycles. The van der Waals surface area contributed by atoms with Crippen molar-refractivity contribution in [3.63, 3.8) is 0 Å². The zero-order chi connectivity index (χ0) is 12.4. The van der Waals surface area contributed by atoms with Crippen molar-refractivity contribution in [2.24, 2.45) is 0 Å². The molecule has 0 saturated heterocycles. The van der Waals surface area contributed by atoms with E-state index in [-0.39, 0.29) is 5.75 Å². The highest BCUT2D eigenvalue weighted by Crippen LogP contribution is 2.20. The summed E-state index contributed by atoms with van der Waals surface area (Å²) in [7, 11) is 0. The summed E-state index contributed by atoms with van der Waals surface area (Å²) in [6.45, 7) is 1.97. The van der Waals surface area contributed by atoms with Gasteiger partial charge < -0.3 is 10.4 Å². The van der Waals surface area contributed by atoms with Crippen LogP contribution in [0.1, 0.15) is 11.3 Å². The molecule has 2 N–H and O–H groups in total. The molecule has 0 bridgehead atoms. The number of hydrogen-bond acceptors (Lipinski definition) is 4. The quantitative estimate of drug-likeness (QED) is 0.795. The second-order valence-corrected chi connectivity index (χ2v) is 4.46. The molecule has 1 aliphatic rings. The van der Waals surface area contributed by atoms with Crippen LogP contribution in [0.2, 0.25) is 0 Å². The van der Waals surface area contributed by atoms with Crippen molar-refractivity contribution < 1.29 is 5.11 Å². The Balaban J connectivity index is 1.98. The van der Waals surface area contributed by atoms with E-state index in [9.17, 15) is 5.11 Å². The molecule has 4 heteroatoms. The first-order valence-electron chi connectivity index (χ1n) is 6.18. The first-order chi connectivity index (χ1) is 8.83. The van der Waals surface area contributed by atoms with Crippen molar-refractivity contribution in [2.45, 2.75) is 12.8 Å². The first-order valence-corrected chi connectivity index (χ1v) is 6.18. The van der Waals surface area contributed by atoms with E-state index in [2.05, 4.69) is 15.3 Å². The van der Waals surface area contributed by atoms with Gasteiger partial charge in [-0.2, -0.15) is 0 Å². The molecule has 0 radical (unpaired) electrons. The topological polar surface area (TPSA) is 58.0 Å². The van der Waals surface area contributed by atoms with Gasteiger partial charge in [0.2, 0.25) is 0 Å². The van der Waals surface area contributed by atoms with Gasteiger partial charge in [-0.1, -0.05) is 0 Å². The van der Waals surface area contributed by atoms with Crippen LogP contribution in [0.4, 0.5) is 0 Å². The van der Waals surface area contributed by atoms with E-state index in [0.29, 0.717) is 0 Å². The molecule has 3 rings (SSSR count). The van der Waals surface area contributed by atoms with Gasteiger partial charge in [-0.15, -0.1) is 0 Å². The lowest BCUT2D eigenvalue weighted by Crippen LogP contribution is -2.16. The molecule has 4 nitrogen and oxygen atoms in total. The number of phenolic OH excluding ortho intramolecular Hbond substituents is 1. The molecule has 0 fully saturated rings. The first kappa shape index (κ1) is 11.2. The second kappa shape index (κ2) is 4.74. The number of hydrogen-bond donors (Lipinski definition) is 2. The van der Waals surface area contributed by atoms with Crippen LogP contribution in [0.5, 0.6) is 5.75 Å². The van der Waals surface area contributed by atoms with Gasteiger partial charge >= 0.3 is 0 Å². The van der Waals surface area contributed by atoms with Crippen LogP contribution in [-0.4, -0.2) is 28.2 Å². The van der Waals surface area contributed by atoms with E-state index < -0.39 is 0 Å². The van der Waals surface area contributed by atoms with Crippen LogP contribution >= 0.6 is 0 Å². The molecular weight excluding hydrogens is 226 g/mol. The third kappa shape index (κ3) is 2.19. The van der Waals surface area contributed by atoms with Crippen molar-refractivity contribution in [3.8, 4) is 17.1 Å². The van der Waals surface area contributed by atoms with E-state index in [4.69, 9.17) is 0 Å². The van der Waals surface area contributed by atoms with E-state index in [1.165, 1.54) is 5.56 Å². The van der Waals surface area contributed by atoms with E-state index in [0.717, 1.165) is 43.0 Å². The summed E-state index contributed by atoms with van der Waals surface area (Å²) in [6.07, 6.45) is 3.87. The molecule has 0 unspecified atom stereocenters. The molecular formula is C14H15N3O. The molecule has 1 aromatic carbocycles. The number of aromatic hydroxyl groups is 1. The highest BCUT2D eigenvalue weighted by Gasteiger charge is 2.11. The van der Waals surface area contributed by atoms with Gasteiger partial charge in [0, 0.05) is 30.4 Å². The number of nitrogens with one attached hydrogen (secondary N) is 1. The summed E-state index contributed by atoms with van der Waals surface area (Å²) >= 11 is 0.